The smallest absolute Gasteiger partial charge is 0.416 e. The van der Waals surface area contributed by atoms with E-state index in [1.165, 1.54) is 24.0 Å². The summed E-state index contributed by atoms with van der Waals surface area (Å²) >= 11 is 0. The van der Waals surface area contributed by atoms with Crippen LogP contribution in [0.4, 0.5) is 13.2 Å². The number of imidazole rings is 1. The van der Waals surface area contributed by atoms with Crippen LogP contribution in [-0.4, -0.2) is 15.0 Å². The Balaban J connectivity index is 1.24. The van der Waals surface area contributed by atoms with Gasteiger partial charge in [0.1, 0.15) is 24.3 Å². The highest BCUT2D eigenvalue weighted by Crippen LogP contribution is 2.29. The van der Waals surface area contributed by atoms with Gasteiger partial charge in [0, 0.05) is 18.0 Å². The van der Waals surface area contributed by atoms with Crippen LogP contribution in [0.2, 0.25) is 0 Å². The number of aromatic nitrogens is 3. The van der Waals surface area contributed by atoms with Crippen LogP contribution >= 0.6 is 0 Å². The topological polar surface area (TPSA) is 63.9 Å². The fourth-order valence-electron chi connectivity index (χ4n) is 3.23. The van der Waals surface area contributed by atoms with Crippen molar-refractivity contribution in [2.75, 3.05) is 0 Å². The van der Waals surface area contributed by atoms with Crippen LogP contribution in [0.1, 0.15) is 40.4 Å². The summed E-state index contributed by atoms with van der Waals surface area (Å²) < 4.78 is 49.0. The van der Waals surface area contributed by atoms with Gasteiger partial charge < -0.3 is 14.1 Å². The number of benzene rings is 2. The van der Waals surface area contributed by atoms with Crippen molar-refractivity contribution in [1.29, 1.82) is 0 Å². The van der Waals surface area contributed by atoms with Gasteiger partial charge in [0.25, 0.3) is 0 Å². The van der Waals surface area contributed by atoms with Crippen LogP contribution in [0, 0.1) is 0 Å². The molecule has 0 fully saturated rings. The highest BCUT2D eigenvalue weighted by molar-refractivity contribution is 5.66. The third-order valence-corrected chi connectivity index (χ3v) is 5.00. The maximum absolute atomic E-state index is 12.6. The molecular weight excluding hydrogens is 431 g/mol. The number of oxazole rings is 1. The van der Waals surface area contributed by atoms with Crippen molar-refractivity contribution in [1.82, 2.24) is 15.0 Å². The lowest BCUT2D eigenvalue weighted by atomic mass is 10.1. The van der Waals surface area contributed by atoms with Crippen LogP contribution in [0.3, 0.4) is 0 Å². The number of H-pyrrole nitrogens is 1. The zero-order chi connectivity index (χ0) is 23.1. The summed E-state index contributed by atoms with van der Waals surface area (Å²) in [5.41, 5.74) is 2.92. The van der Waals surface area contributed by atoms with Crippen molar-refractivity contribution in [2.45, 2.75) is 32.0 Å². The van der Waals surface area contributed by atoms with E-state index in [2.05, 4.69) is 15.0 Å². The van der Waals surface area contributed by atoms with Gasteiger partial charge in [0.05, 0.1) is 11.9 Å². The molecule has 0 radical (unpaired) electrons. The summed E-state index contributed by atoms with van der Waals surface area (Å²) in [5.74, 6) is 1.08. The molecule has 0 saturated heterocycles. The molecule has 2 heterocycles. The molecule has 2 aromatic heterocycles. The zero-order valence-electron chi connectivity index (χ0n) is 17.7. The van der Waals surface area contributed by atoms with Crippen molar-refractivity contribution in [3.63, 3.8) is 0 Å². The number of ether oxygens (including phenoxy) is 1. The van der Waals surface area contributed by atoms with Crippen molar-refractivity contribution in [3.05, 3.63) is 101 Å². The minimum atomic E-state index is -4.35. The maximum atomic E-state index is 12.6. The molecular formula is C25H22F3N3O2. The third kappa shape index (κ3) is 6.58. The molecule has 0 spiro atoms. The minimum Gasteiger partial charge on any atom is -0.487 e. The first-order valence-electron chi connectivity index (χ1n) is 10.4. The molecule has 0 atom stereocenters. The fraction of sp³-hybridized carbons (Fsp3) is 0.200. The first-order valence-corrected chi connectivity index (χ1v) is 10.4. The van der Waals surface area contributed by atoms with Gasteiger partial charge in [0.15, 0.2) is 0 Å². The molecule has 2 aromatic carbocycles. The number of aromatic amines is 1. The van der Waals surface area contributed by atoms with E-state index in [4.69, 9.17) is 9.15 Å². The van der Waals surface area contributed by atoms with Crippen molar-refractivity contribution in [2.24, 2.45) is 0 Å². The average molecular weight is 453 g/mol. The Morgan fingerprint density at radius 2 is 1.76 bits per heavy atom. The van der Waals surface area contributed by atoms with Gasteiger partial charge in [-0.25, -0.2) is 9.97 Å². The molecule has 0 amide bonds. The summed E-state index contributed by atoms with van der Waals surface area (Å²) in [5, 5.41) is 0. The highest BCUT2D eigenvalue weighted by Gasteiger charge is 2.29. The Morgan fingerprint density at radius 3 is 2.45 bits per heavy atom. The van der Waals surface area contributed by atoms with Gasteiger partial charge in [-0.3, -0.25) is 0 Å². The summed E-state index contributed by atoms with van der Waals surface area (Å²) in [6.07, 6.45) is 6.88. The normalized spacial score (nSPS) is 11.8. The highest BCUT2D eigenvalue weighted by atomic mass is 19.4. The largest absolute Gasteiger partial charge is 0.487 e. The number of aryl methyl sites for hydroxylation is 2. The molecule has 8 heteroatoms. The van der Waals surface area contributed by atoms with Crippen molar-refractivity contribution in [3.8, 4) is 5.75 Å². The molecule has 5 nitrogen and oxygen atoms in total. The predicted molar refractivity (Wildman–Crippen MR) is 118 cm³/mol. The monoisotopic (exact) mass is 453 g/mol. The maximum Gasteiger partial charge on any atom is 0.416 e. The van der Waals surface area contributed by atoms with E-state index in [1.807, 2.05) is 30.5 Å². The molecule has 33 heavy (non-hydrogen) atoms. The number of halogens is 3. The van der Waals surface area contributed by atoms with Crippen LogP contribution in [-0.2, 0) is 25.6 Å². The van der Waals surface area contributed by atoms with Crippen molar-refractivity contribution >= 4 is 12.2 Å². The predicted octanol–water partition coefficient (Wildman–Crippen LogP) is 6.34. The number of rotatable bonds is 9. The number of hydrogen-bond donors (Lipinski definition) is 1. The Hall–Kier alpha value is -3.81. The zero-order valence-corrected chi connectivity index (χ0v) is 17.7. The van der Waals surface area contributed by atoms with E-state index in [9.17, 15) is 13.2 Å². The van der Waals surface area contributed by atoms with E-state index in [0.717, 1.165) is 42.8 Å². The SMILES string of the molecule is FC(F)(F)c1ccc(/C=C/c2nc(COc3ccc(CCCc4cnc[nH]4)cc3)co2)cc1. The van der Waals surface area contributed by atoms with Gasteiger partial charge >= 0.3 is 6.18 Å². The first-order chi connectivity index (χ1) is 16.0. The van der Waals surface area contributed by atoms with E-state index < -0.39 is 11.7 Å². The molecule has 4 aromatic rings. The lowest BCUT2D eigenvalue weighted by Gasteiger charge is -2.06. The van der Waals surface area contributed by atoms with Gasteiger partial charge in [-0.1, -0.05) is 24.3 Å². The second-order valence-corrected chi connectivity index (χ2v) is 7.49. The number of alkyl halides is 3. The van der Waals surface area contributed by atoms with Gasteiger partial charge in [0.2, 0.25) is 5.89 Å². The van der Waals surface area contributed by atoms with E-state index in [0.29, 0.717) is 17.1 Å². The first kappa shape index (κ1) is 22.4. The fourth-order valence-corrected chi connectivity index (χ4v) is 3.23. The number of nitrogens with one attached hydrogen (secondary N) is 1. The number of hydrogen-bond acceptors (Lipinski definition) is 4. The summed E-state index contributed by atoms with van der Waals surface area (Å²) in [6, 6.07) is 12.8. The second-order valence-electron chi connectivity index (χ2n) is 7.49. The van der Waals surface area contributed by atoms with Crippen LogP contribution < -0.4 is 4.74 Å². The van der Waals surface area contributed by atoms with Crippen molar-refractivity contribution < 1.29 is 22.3 Å². The Morgan fingerprint density at radius 1 is 0.970 bits per heavy atom. The molecule has 0 aliphatic carbocycles. The Labute approximate surface area is 189 Å². The summed E-state index contributed by atoms with van der Waals surface area (Å²) in [7, 11) is 0. The quantitative estimate of drug-likeness (QED) is 0.321. The third-order valence-electron chi connectivity index (χ3n) is 5.00. The van der Waals surface area contributed by atoms with Gasteiger partial charge in [-0.05, 0) is 60.7 Å². The standard InChI is InChI=1S/C25H22F3N3O2/c26-25(27,28)20-9-4-19(5-10-20)8-13-24-31-22(16-33-24)15-32-23-11-6-18(7-12-23)2-1-3-21-14-29-17-30-21/h4-14,16-17H,1-3,15H2,(H,29,30)/b13-8+. The van der Waals surface area contributed by atoms with Gasteiger partial charge in [-0.15, -0.1) is 0 Å². The van der Waals surface area contributed by atoms with Crippen LogP contribution in [0.15, 0.2) is 71.7 Å². The minimum absolute atomic E-state index is 0.247. The number of nitrogens with zero attached hydrogens (tertiary/aromatic N) is 2. The molecule has 0 aliphatic rings. The molecule has 4 rings (SSSR count). The van der Waals surface area contributed by atoms with E-state index in [-0.39, 0.29) is 6.61 Å². The average Bonchev–Trinajstić information content (AvgIpc) is 3.49. The molecule has 0 bridgehead atoms. The second kappa shape index (κ2) is 10.2. The summed E-state index contributed by atoms with van der Waals surface area (Å²) in [4.78, 5) is 11.4. The lowest BCUT2D eigenvalue weighted by Crippen LogP contribution is -2.03. The van der Waals surface area contributed by atoms with Crippen LogP contribution in [0.25, 0.3) is 12.2 Å². The van der Waals surface area contributed by atoms with E-state index >= 15 is 0 Å². The molecule has 1 N–H and O–H groups in total. The van der Waals surface area contributed by atoms with Crippen LogP contribution in [0.5, 0.6) is 5.75 Å². The molecule has 0 saturated carbocycles. The molecule has 170 valence electrons. The van der Waals surface area contributed by atoms with E-state index in [1.54, 1.807) is 18.5 Å². The summed E-state index contributed by atoms with van der Waals surface area (Å²) in [6.45, 7) is 0.247. The Kier molecular flexibility index (Phi) is 6.92. The molecule has 0 unspecified atom stereocenters. The Bertz CT molecular complexity index is 1160. The molecule has 0 aliphatic heterocycles. The van der Waals surface area contributed by atoms with Gasteiger partial charge in [-0.2, -0.15) is 13.2 Å². The lowest BCUT2D eigenvalue weighted by molar-refractivity contribution is -0.137.